The number of carbonyl (C=O) groups excluding carboxylic acids is 1. The van der Waals surface area contributed by atoms with Crippen molar-refractivity contribution in [1.82, 2.24) is 4.98 Å². The minimum absolute atomic E-state index is 0.0512. The first kappa shape index (κ1) is 17.0. The number of rotatable bonds is 4. The maximum absolute atomic E-state index is 14.2. The summed E-state index contributed by atoms with van der Waals surface area (Å²) in [4.78, 5) is 16.3. The Kier molecular flexibility index (Phi) is 4.22. The minimum atomic E-state index is -1.76. The number of aliphatic hydroxyl groups is 1. The van der Waals surface area contributed by atoms with Gasteiger partial charge in [0.15, 0.2) is 5.78 Å². The van der Waals surface area contributed by atoms with Gasteiger partial charge in [-0.3, -0.25) is 4.79 Å². The van der Waals surface area contributed by atoms with Crippen molar-refractivity contribution in [2.45, 2.75) is 19.4 Å². The lowest BCUT2D eigenvalue weighted by atomic mass is 9.95. The van der Waals surface area contributed by atoms with Gasteiger partial charge in [-0.15, -0.1) is 0 Å². The molecule has 1 N–H and O–H groups in total. The van der Waals surface area contributed by atoms with E-state index in [1.807, 2.05) is 0 Å². The number of nitrogens with zero attached hydrogens (tertiary/aromatic N) is 1. The Morgan fingerprint density at radius 1 is 1.12 bits per heavy atom. The van der Waals surface area contributed by atoms with E-state index in [0.717, 1.165) is 6.07 Å². The number of Topliss-reactive ketones (excluding diaryl/α,β-unsaturated/α-hetero) is 1. The zero-order valence-electron chi connectivity index (χ0n) is 13.6. The van der Waals surface area contributed by atoms with Gasteiger partial charge in [-0.1, -0.05) is 18.2 Å². The molecule has 3 aromatic rings. The van der Waals surface area contributed by atoms with Crippen molar-refractivity contribution < 1.29 is 23.4 Å². The lowest BCUT2D eigenvalue weighted by molar-refractivity contribution is 0.0481. The van der Waals surface area contributed by atoms with Crippen LogP contribution in [0.25, 0.3) is 10.9 Å². The van der Waals surface area contributed by atoms with E-state index in [2.05, 4.69) is 4.98 Å². The van der Waals surface area contributed by atoms with Crippen molar-refractivity contribution in [3.63, 3.8) is 0 Å². The normalized spacial score (nSPS) is 11.6. The van der Waals surface area contributed by atoms with Gasteiger partial charge in [0.05, 0.1) is 11.8 Å². The van der Waals surface area contributed by atoms with E-state index >= 15 is 0 Å². The topological polar surface area (TPSA) is 59.4 Å². The molecule has 1 aromatic heterocycles. The standard InChI is InChI=1S/C19H15F2NO3/c1-19(2,24)18(23)16-13(20)6-4-8-15(16)25-12-9-11-5-3-7-14(21)17(11)22-10-12/h3-10,24H,1-2H3. The van der Waals surface area contributed by atoms with Crippen LogP contribution in [0.3, 0.4) is 0 Å². The Morgan fingerprint density at radius 2 is 1.80 bits per heavy atom. The zero-order chi connectivity index (χ0) is 18.2. The maximum Gasteiger partial charge on any atom is 0.200 e. The molecule has 128 valence electrons. The highest BCUT2D eigenvalue weighted by Gasteiger charge is 2.30. The molecule has 0 saturated carbocycles. The van der Waals surface area contributed by atoms with Crippen LogP contribution in [0.5, 0.6) is 11.5 Å². The maximum atomic E-state index is 14.2. The summed E-state index contributed by atoms with van der Waals surface area (Å²) in [6.45, 7) is 2.54. The van der Waals surface area contributed by atoms with Gasteiger partial charge in [-0.25, -0.2) is 13.8 Å². The number of para-hydroxylation sites is 1. The molecule has 0 aliphatic rings. The van der Waals surface area contributed by atoms with E-state index in [9.17, 15) is 18.7 Å². The number of halogens is 2. The van der Waals surface area contributed by atoms with Gasteiger partial charge in [0.1, 0.15) is 34.3 Å². The number of carbonyl (C=O) groups is 1. The molecule has 1 heterocycles. The Labute approximate surface area is 142 Å². The molecule has 3 rings (SSSR count). The first-order valence-electron chi connectivity index (χ1n) is 7.55. The van der Waals surface area contributed by atoms with Gasteiger partial charge in [0, 0.05) is 5.39 Å². The van der Waals surface area contributed by atoms with Gasteiger partial charge in [-0.05, 0) is 38.1 Å². The second-order valence-corrected chi connectivity index (χ2v) is 6.09. The molecule has 0 atom stereocenters. The summed E-state index contributed by atoms with van der Waals surface area (Å²) in [5.41, 5.74) is -1.93. The predicted molar refractivity (Wildman–Crippen MR) is 88.8 cm³/mol. The molecule has 0 amide bonds. The molecular formula is C19H15F2NO3. The van der Waals surface area contributed by atoms with Crippen molar-refractivity contribution in [3.05, 3.63) is 65.9 Å². The highest BCUT2D eigenvalue weighted by Crippen LogP contribution is 2.31. The molecule has 0 radical (unpaired) electrons. The lowest BCUT2D eigenvalue weighted by Gasteiger charge is -2.18. The third-order valence-electron chi connectivity index (χ3n) is 3.62. The zero-order valence-corrected chi connectivity index (χ0v) is 13.6. The molecule has 0 unspecified atom stereocenters. The van der Waals surface area contributed by atoms with Gasteiger partial charge in [-0.2, -0.15) is 0 Å². The number of ketones is 1. The van der Waals surface area contributed by atoms with Crippen LogP contribution in [-0.2, 0) is 0 Å². The van der Waals surface area contributed by atoms with Crippen LogP contribution in [0, 0.1) is 11.6 Å². The average molecular weight is 343 g/mol. The molecule has 4 nitrogen and oxygen atoms in total. The Bertz CT molecular complexity index is 965. The fourth-order valence-electron chi connectivity index (χ4n) is 2.40. The fraction of sp³-hybridized carbons (Fsp3) is 0.158. The second kappa shape index (κ2) is 6.22. The number of pyridine rings is 1. The van der Waals surface area contributed by atoms with Gasteiger partial charge in [0.25, 0.3) is 0 Å². The number of benzene rings is 2. The fourth-order valence-corrected chi connectivity index (χ4v) is 2.40. The van der Waals surface area contributed by atoms with Crippen LogP contribution in [0.2, 0.25) is 0 Å². The van der Waals surface area contributed by atoms with Crippen LogP contribution >= 0.6 is 0 Å². The predicted octanol–water partition coefficient (Wildman–Crippen LogP) is 4.26. The first-order valence-corrected chi connectivity index (χ1v) is 7.55. The molecule has 0 spiro atoms. The van der Waals surface area contributed by atoms with Crippen molar-refractivity contribution in [2.24, 2.45) is 0 Å². The van der Waals surface area contributed by atoms with Gasteiger partial charge >= 0.3 is 0 Å². The molecule has 0 aliphatic heterocycles. The SMILES string of the molecule is CC(C)(O)C(=O)c1c(F)cccc1Oc1cnc2c(F)cccc2c1. The molecule has 6 heteroatoms. The van der Waals surface area contributed by atoms with Crippen molar-refractivity contribution in [3.8, 4) is 11.5 Å². The second-order valence-electron chi connectivity index (χ2n) is 6.09. The quantitative estimate of drug-likeness (QED) is 0.719. The largest absolute Gasteiger partial charge is 0.455 e. The summed E-state index contributed by atoms with van der Waals surface area (Å²) in [6, 6.07) is 9.94. The van der Waals surface area contributed by atoms with Crippen LogP contribution in [0.1, 0.15) is 24.2 Å². The Balaban J connectivity index is 2.04. The summed E-state index contributed by atoms with van der Waals surface area (Å²) in [7, 11) is 0. The van der Waals surface area contributed by atoms with Crippen LogP contribution in [-0.4, -0.2) is 21.5 Å². The smallest absolute Gasteiger partial charge is 0.200 e. The van der Waals surface area contributed by atoms with E-state index in [1.165, 1.54) is 50.4 Å². The average Bonchev–Trinajstić information content (AvgIpc) is 2.54. The Morgan fingerprint density at radius 3 is 2.52 bits per heavy atom. The molecule has 25 heavy (non-hydrogen) atoms. The molecule has 0 aliphatic carbocycles. The van der Waals surface area contributed by atoms with Crippen molar-refractivity contribution in [2.75, 3.05) is 0 Å². The summed E-state index contributed by atoms with van der Waals surface area (Å²) >= 11 is 0. The number of hydrogen-bond donors (Lipinski definition) is 1. The summed E-state index contributed by atoms with van der Waals surface area (Å²) < 4.78 is 33.4. The lowest BCUT2D eigenvalue weighted by Crippen LogP contribution is -2.32. The van der Waals surface area contributed by atoms with Crippen LogP contribution < -0.4 is 4.74 Å². The molecule has 0 bridgehead atoms. The molecule has 0 fully saturated rings. The van der Waals surface area contributed by atoms with E-state index in [-0.39, 0.29) is 22.6 Å². The number of fused-ring (bicyclic) bond motifs is 1. The van der Waals surface area contributed by atoms with Crippen molar-refractivity contribution >= 4 is 16.7 Å². The third kappa shape index (κ3) is 3.34. The Hall–Kier alpha value is -2.86. The number of ether oxygens (including phenoxy) is 1. The molecule has 0 saturated heterocycles. The van der Waals surface area contributed by atoms with Gasteiger partial charge in [0.2, 0.25) is 0 Å². The number of aromatic nitrogens is 1. The van der Waals surface area contributed by atoms with Crippen LogP contribution in [0.15, 0.2) is 48.7 Å². The first-order chi connectivity index (χ1) is 11.8. The highest BCUT2D eigenvalue weighted by molar-refractivity contribution is 6.04. The number of hydrogen-bond acceptors (Lipinski definition) is 4. The molecular weight excluding hydrogens is 328 g/mol. The van der Waals surface area contributed by atoms with E-state index in [1.54, 1.807) is 6.07 Å². The minimum Gasteiger partial charge on any atom is -0.455 e. The highest BCUT2D eigenvalue weighted by atomic mass is 19.1. The van der Waals surface area contributed by atoms with E-state index in [0.29, 0.717) is 5.39 Å². The summed E-state index contributed by atoms with van der Waals surface area (Å²) in [5.74, 6) is -1.91. The molecule has 2 aromatic carbocycles. The van der Waals surface area contributed by atoms with E-state index in [4.69, 9.17) is 4.74 Å². The monoisotopic (exact) mass is 343 g/mol. The van der Waals surface area contributed by atoms with Gasteiger partial charge < -0.3 is 9.84 Å². The van der Waals surface area contributed by atoms with E-state index < -0.39 is 23.0 Å². The summed E-state index contributed by atoms with van der Waals surface area (Å²) in [6.07, 6.45) is 1.29. The van der Waals surface area contributed by atoms with Crippen molar-refractivity contribution in [1.29, 1.82) is 0 Å². The third-order valence-corrected chi connectivity index (χ3v) is 3.62. The van der Waals surface area contributed by atoms with Crippen LogP contribution in [0.4, 0.5) is 8.78 Å². The summed E-state index contributed by atoms with van der Waals surface area (Å²) in [5, 5.41) is 10.4.